The molecule has 0 fully saturated rings. The van der Waals surface area contributed by atoms with Crippen molar-refractivity contribution in [3.8, 4) is 0 Å². The first kappa shape index (κ1) is 91.4. The Morgan fingerprint density at radius 3 is 0.904 bits per heavy atom. The lowest BCUT2D eigenvalue weighted by molar-refractivity contribution is -0.870. The molecule has 0 rings (SSSR count). The summed E-state index contributed by atoms with van der Waals surface area (Å²) in [7, 11) is 1.19. The van der Waals surface area contributed by atoms with Gasteiger partial charge >= 0.3 is 11.9 Å². The lowest BCUT2D eigenvalue weighted by Gasteiger charge is -2.28. The summed E-state index contributed by atoms with van der Waals surface area (Å²) >= 11 is 0. The molecule has 9 nitrogen and oxygen atoms in total. The van der Waals surface area contributed by atoms with E-state index in [0.717, 1.165) is 64.2 Å². The number of ether oxygens (including phenoxy) is 2. The fourth-order valence-electron chi connectivity index (χ4n) is 12.0. The van der Waals surface area contributed by atoms with Crippen molar-refractivity contribution < 1.29 is 42.1 Å². The summed E-state index contributed by atoms with van der Waals surface area (Å²) in [5, 5.41) is 0. The van der Waals surface area contributed by atoms with Gasteiger partial charge in [0.1, 0.15) is 19.8 Å². The summed E-state index contributed by atoms with van der Waals surface area (Å²) in [5.74, 6) is -0.811. The van der Waals surface area contributed by atoms with E-state index in [1.807, 2.05) is 21.1 Å². The van der Waals surface area contributed by atoms with Gasteiger partial charge in [0.15, 0.2) is 6.10 Å². The van der Waals surface area contributed by atoms with Gasteiger partial charge < -0.3 is 27.9 Å². The van der Waals surface area contributed by atoms with Gasteiger partial charge in [-0.25, -0.2) is 0 Å². The van der Waals surface area contributed by atoms with Crippen LogP contribution in [0.4, 0.5) is 0 Å². The Hall–Kier alpha value is -2.55. The highest BCUT2D eigenvalue weighted by Gasteiger charge is 2.22. The lowest BCUT2D eigenvalue weighted by Crippen LogP contribution is -2.37. The van der Waals surface area contributed by atoms with E-state index in [0.29, 0.717) is 17.4 Å². The van der Waals surface area contributed by atoms with Gasteiger partial charge in [-0.3, -0.25) is 14.2 Å². The molecule has 0 aromatic carbocycles. The summed E-state index contributed by atoms with van der Waals surface area (Å²) in [6.45, 7) is 4.18. The Morgan fingerprint density at radius 2 is 0.606 bits per heavy atom. The predicted molar refractivity (Wildman–Crippen MR) is 406 cm³/mol. The number of rotatable bonds is 76. The van der Waals surface area contributed by atoms with Crippen molar-refractivity contribution in [3.05, 3.63) is 72.9 Å². The fraction of sp³-hybridized carbons (Fsp3) is 0.833. The van der Waals surface area contributed by atoms with E-state index in [9.17, 15) is 19.0 Å². The van der Waals surface area contributed by atoms with Crippen LogP contribution in [0.5, 0.6) is 0 Å². The minimum Gasteiger partial charge on any atom is -0.756 e. The Kier molecular flexibility index (Phi) is 72.6. The molecule has 0 radical (unpaired) electrons. The number of carbonyl (C=O) groups is 2. The molecule has 0 aliphatic carbocycles. The van der Waals surface area contributed by atoms with Crippen LogP contribution in [0.25, 0.3) is 0 Å². The van der Waals surface area contributed by atoms with E-state index in [2.05, 4.69) is 86.8 Å². The van der Waals surface area contributed by atoms with Crippen molar-refractivity contribution in [2.24, 2.45) is 0 Å². The minimum atomic E-state index is -4.64. The van der Waals surface area contributed by atoms with Gasteiger partial charge in [0.05, 0.1) is 27.7 Å². The number of likely N-dealkylation sites (N-methyl/N-ethyl adjacent to an activating group) is 1. The normalized spacial score (nSPS) is 13.4. The molecule has 0 amide bonds. The maximum atomic E-state index is 12.9. The first-order chi connectivity index (χ1) is 46.0. The van der Waals surface area contributed by atoms with Gasteiger partial charge in [0, 0.05) is 12.8 Å². The standard InChI is InChI=1S/C84H156NO8P/c1-6-8-10-12-14-16-18-20-22-24-26-28-30-32-34-36-37-38-39-40-41-42-43-44-45-46-47-49-51-53-55-57-59-61-63-65-67-69-71-73-75-77-84(87)93-82(81-92-94(88,89)91-79-78-85(3,4)5)80-90-83(86)76-74-72-70-68-66-64-62-60-58-56-54-52-50-48-35-33-31-29-27-25-23-21-19-17-15-13-11-9-7-2/h8,10,14,16,19-22,25-28,82H,6-7,9,11-13,15,17-18,23-24,29-81H2,1-5H3/b10-8-,16-14-,21-19-,22-20-,27-25-,28-26-. The molecular formula is C84H156NO8P. The summed E-state index contributed by atoms with van der Waals surface area (Å²) in [5.41, 5.74) is 0. The van der Waals surface area contributed by atoms with E-state index < -0.39 is 26.5 Å². The zero-order chi connectivity index (χ0) is 68.3. The lowest BCUT2D eigenvalue weighted by atomic mass is 10.0. The summed E-state index contributed by atoms with van der Waals surface area (Å²) in [6, 6.07) is 0. The Bertz CT molecular complexity index is 1820. The number of quaternary nitrogens is 1. The van der Waals surface area contributed by atoms with Gasteiger partial charge in [-0.15, -0.1) is 0 Å². The maximum Gasteiger partial charge on any atom is 0.306 e. The number of hydrogen-bond donors (Lipinski definition) is 0. The van der Waals surface area contributed by atoms with Gasteiger partial charge in [0.2, 0.25) is 0 Å². The van der Waals surface area contributed by atoms with Crippen LogP contribution in [-0.2, 0) is 32.7 Å². The second-order valence-corrected chi connectivity index (χ2v) is 30.2. The van der Waals surface area contributed by atoms with Crippen molar-refractivity contribution >= 4 is 19.8 Å². The van der Waals surface area contributed by atoms with Crippen molar-refractivity contribution in [1.82, 2.24) is 0 Å². The van der Waals surface area contributed by atoms with Crippen LogP contribution in [0.3, 0.4) is 0 Å². The van der Waals surface area contributed by atoms with Gasteiger partial charge in [0.25, 0.3) is 7.82 Å². The van der Waals surface area contributed by atoms with Crippen LogP contribution in [-0.4, -0.2) is 70.0 Å². The number of unbranched alkanes of at least 4 members (excludes halogenated alkanes) is 50. The number of hydrogen-bond acceptors (Lipinski definition) is 8. The first-order valence-corrected chi connectivity index (χ1v) is 42.1. The van der Waals surface area contributed by atoms with Crippen molar-refractivity contribution in [1.29, 1.82) is 0 Å². The molecule has 0 aromatic heterocycles. The molecule has 0 bridgehead atoms. The highest BCUT2D eigenvalue weighted by molar-refractivity contribution is 7.45. The van der Waals surface area contributed by atoms with Gasteiger partial charge in [-0.05, 0) is 83.5 Å². The van der Waals surface area contributed by atoms with E-state index in [-0.39, 0.29) is 32.0 Å². The molecule has 0 aliphatic heterocycles. The van der Waals surface area contributed by atoms with Crippen LogP contribution >= 0.6 is 7.82 Å². The monoisotopic (exact) mass is 1340 g/mol. The van der Waals surface area contributed by atoms with Crippen molar-refractivity contribution in [2.75, 3.05) is 47.5 Å². The predicted octanol–water partition coefficient (Wildman–Crippen LogP) is 26.4. The van der Waals surface area contributed by atoms with E-state index in [4.69, 9.17) is 18.5 Å². The van der Waals surface area contributed by atoms with Gasteiger partial charge in [-0.1, -0.05) is 376 Å². The number of phosphoric ester groups is 1. The van der Waals surface area contributed by atoms with E-state index in [1.54, 1.807) is 0 Å². The van der Waals surface area contributed by atoms with Crippen LogP contribution < -0.4 is 4.89 Å². The summed E-state index contributed by atoms with van der Waals surface area (Å²) in [6.07, 6.45) is 102. The van der Waals surface area contributed by atoms with E-state index in [1.165, 1.54) is 302 Å². The molecule has 550 valence electrons. The van der Waals surface area contributed by atoms with Crippen LogP contribution in [0.15, 0.2) is 72.9 Å². The summed E-state index contributed by atoms with van der Waals surface area (Å²) in [4.78, 5) is 38.2. The van der Waals surface area contributed by atoms with Crippen molar-refractivity contribution in [2.45, 2.75) is 405 Å². The molecule has 0 saturated heterocycles. The second-order valence-electron chi connectivity index (χ2n) is 28.8. The maximum absolute atomic E-state index is 12.9. The number of carbonyl (C=O) groups excluding carboxylic acids is 2. The minimum absolute atomic E-state index is 0.0288. The SMILES string of the molecule is CC/C=C\C/C=C\C/C=C\C/C=C\CCCCCCCCCCCCCCCCCCCCCCCCCCCCCCC(=O)OC(COC(=O)CCCCCCCCCCCCCCCCCCC/C=C\C/C=C\CCCCCCC)COP(=O)([O-])OCC[N+](C)(C)C. The quantitative estimate of drug-likeness (QED) is 0.0195. The number of allylic oxidation sites excluding steroid dienone is 12. The highest BCUT2D eigenvalue weighted by Crippen LogP contribution is 2.38. The Balaban J connectivity index is 3.88. The van der Waals surface area contributed by atoms with E-state index >= 15 is 0 Å². The average Bonchev–Trinajstić information content (AvgIpc) is 1.57. The molecule has 0 N–H and O–H groups in total. The third-order valence-corrected chi connectivity index (χ3v) is 19.2. The molecule has 0 saturated carbocycles. The number of phosphoric acid groups is 1. The Morgan fingerprint density at radius 1 is 0.340 bits per heavy atom. The third kappa shape index (κ3) is 78.4. The molecule has 0 spiro atoms. The van der Waals surface area contributed by atoms with Crippen LogP contribution in [0.2, 0.25) is 0 Å². The fourth-order valence-corrected chi connectivity index (χ4v) is 12.8. The molecule has 2 unspecified atom stereocenters. The Labute approximate surface area is 584 Å². The second kappa shape index (κ2) is 74.7. The largest absolute Gasteiger partial charge is 0.756 e. The van der Waals surface area contributed by atoms with Gasteiger partial charge in [-0.2, -0.15) is 0 Å². The summed E-state index contributed by atoms with van der Waals surface area (Å²) < 4.78 is 34.4. The average molecular weight is 1340 g/mol. The van der Waals surface area contributed by atoms with Crippen LogP contribution in [0, 0.1) is 0 Å². The molecular weight excluding hydrogens is 1180 g/mol. The van der Waals surface area contributed by atoms with Crippen molar-refractivity contribution in [3.63, 3.8) is 0 Å². The molecule has 94 heavy (non-hydrogen) atoms. The molecule has 0 aliphatic rings. The zero-order valence-corrected chi connectivity index (χ0v) is 63.8. The number of esters is 2. The van der Waals surface area contributed by atoms with Crippen LogP contribution in [0.1, 0.15) is 399 Å². The first-order valence-electron chi connectivity index (χ1n) is 40.6. The third-order valence-electron chi connectivity index (χ3n) is 18.2. The molecule has 0 aromatic rings. The highest BCUT2D eigenvalue weighted by atomic mass is 31.2. The topological polar surface area (TPSA) is 111 Å². The molecule has 2 atom stereocenters. The zero-order valence-electron chi connectivity index (χ0n) is 62.9. The smallest absolute Gasteiger partial charge is 0.306 e. The molecule has 0 heterocycles. The molecule has 10 heteroatoms. The number of nitrogens with zero attached hydrogens (tertiary/aromatic N) is 1.